The predicted molar refractivity (Wildman–Crippen MR) is 68.9 cm³/mol. The Balaban J connectivity index is 4.74. The van der Waals surface area contributed by atoms with Gasteiger partial charge in [0.2, 0.25) is 5.91 Å². The van der Waals surface area contributed by atoms with Crippen LogP contribution in [-0.4, -0.2) is 35.2 Å². The number of ether oxygens (including phenoxy) is 1. The molecule has 0 bridgehead atoms. The number of nitrogens with one attached hydrogen (secondary N) is 1. The molecule has 0 aliphatic rings. The van der Waals surface area contributed by atoms with E-state index >= 15 is 0 Å². The smallest absolute Gasteiger partial charge is 0.331 e. The second-order valence-corrected chi connectivity index (χ2v) is 4.79. The first-order chi connectivity index (χ1) is 8.33. The van der Waals surface area contributed by atoms with Crippen molar-refractivity contribution < 1.29 is 19.4 Å². The second kappa shape index (κ2) is 8.08. The molecule has 0 radical (unpaired) electrons. The zero-order valence-corrected chi connectivity index (χ0v) is 11.9. The van der Waals surface area contributed by atoms with Gasteiger partial charge >= 0.3 is 5.97 Å². The fraction of sp³-hybridized carbons (Fsp3) is 0.846. The third-order valence-corrected chi connectivity index (χ3v) is 2.81. The van der Waals surface area contributed by atoms with Crippen molar-refractivity contribution in [2.45, 2.75) is 65.7 Å². The Labute approximate surface area is 109 Å². The van der Waals surface area contributed by atoms with E-state index in [2.05, 4.69) is 5.32 Å². The van der Waals surface area contributed by atoms with Crippen LogP contribution in [0.2, 0.25) is 0 Å². The molecule has 0 rings (SSSR count). The normalized spacial score (nSPS) is 15.9. The van der Waals surface area contributed by atoms with Gasteiger partial charge in [-0.3, -0.25) is 4.79 Å². The zero-order chi connectivity index (χ0) is 14.3. The number of rotatable bonds is 7. The van der Waals surface area contributed by atoms with Crippen LogP contribution in [0.5, 0.6) is 0 Å². The van der Waals surface area contributed by atoms with Gasteiger partial charge < -0.3 is 15.2 Å². The highest BCUT2D eigenvalue weighted by molar-refractivity contribution is 5.84. The number of aliphatic hydroxyl groups excluding tert-OH is 1. The van der Waals surface area contributed by atoms with Crippen LogP contribution >= 0.6 is 0 Å². The summed E-state index contributed by atoms with van der Waals surface area (Å²) in [5.74, 6) is -0.996. The number of hydrogen-bond acceptors (Lipinski definition) is 4. The van der Waals surface area contributed by atoms with Gasteiger partial charge in [0.15, 0.2) is 6.04 Å². The van der Waals surface area contributed by atoms with E-state index in [1.54, 1.807) is 27.7 Å². The first-order valence-electron chi connectivity index (χ1n) is 6.51. The Bertz CT molecular complexity index is 278. The molecule has 0 aromatic carbocycles. The minimum atomic E-state index is -0.994. The minimum Gasteiger partial charge on any atom is -0.461 e. The average molecular weight is 259 g/mol. The molecule has 1 unspecified atom stereocenters. The monoisotopic (exact) mass is 259 g/mol. The molecular formula is C13H25NO4. The van der Waals surface area contributed by atoms with Crippen molar-refractivity contribution in [3.05, 3.63) is 0 Å². The molecule has 0 fully saturated rings. The van der Waals surface area contributed by atoms with Crippen molar-refractivity contribution in [1.82, 2.24) is 5.32 Å². The fourth-order valence-electron chi connectivity index (χ4n) is 1.30. The first kappa shape index (κ1) is 16.9. The highest BCUT2D eigenvalue weighted by Gasteiger charge is 2.32. The Morgan fingerprint density at radius 1 is 1.22 bits per heavy atom. The van der Waals surface area contributed by atoms with Crippen LogP contribution in [0.15, 0.2) is 0 Å². The lowest BCUT2D eigenvalue weighted by Crippen LogP contribution is -2.51. The maximum atomic E-state index is 11.9. The molecule has 0 aromatic rings. The molecule has 0 spiro atoms. The third kappa shape index (κ3) is 5.49. The molecule has 18 heavy (non-hydrogen) atoms. The van der Waals surface area contributed by atoms with E-state index in [-0.39, 0.29) is 24.3 Å². The summed E-state index contributed by atoms with van der Waals surface area (Å²) >= 11 is 0. The molecule has 0 aliphatic carbocycles. The lowest BCUT2D eigenvalue weighted by Gasteiger charge is -2.26. The zero-order valence-electron chi connectivity index (χ0n) is 11.9. The Hall–Kier alpha value is -1.10. The van der Waals surface area contributed by atoms with Gasteiger partial charge in [0.05, 0.1) is 12.2 Å². The predicted octanol–water partition coefficient (Wildman–Crippen LogP) is 1.24. The highest BCUT2D eigenvalue weighted by Crippen LogP contribution is 2.10. The van der Waals surface area contributed by atoms with Crippen LogP contribution in [0.4, 0.5) is 0 Å². The van der Waals surface area contributed by atoms with Crippen molar-refractivity contribution >= 4 is 11.9 Å². The molecule has 5 heteroatoms. The summed E-state index contributed by atoms with van der Waals surface area (Å²) in [6, 6.07) is -0.994. The first-order valence-corrected chi connectivity index (χ1v) is 6.51. The molecule has 5 nitrogen and oxygen atoms in total. The Morgan fingerprint density at radius 3 is 2.17 bits per heavy atom. The number of aliphatic hydroxyl groups is 1. The summed E-state index contributed by atoms with van der Waals surface area (Å²) in [6.07, 6.45) is -0.217. The van der Waals surface area contributed by atoms with Crippen LogP contribution in [-0.2, 0) is 14.3 Å². The van der Waals surface area contributed by atoms with Gasteiger partial charge in [0, 0.05) is 6.42 Å². The van der Waals surface area contributed by atoms with E-state index in [4.69, 9.17) is 4.74 Å². The minimum absolute atomic E-state index is 0.142. The quantitative estimate of drug-likeness (QED) is 0.674. The third-order valence-electron chi connectivity index (χ3n) is 2.81. The van der Waals surface area contributed by atoms with E-state index in [1.165, 1.54) is 0 Å². The molecule has 0 heterocycles. The molecule has 0 saturated heterocycles. The molecule has 0 saturated carbocycles. The molecule has 3 atom stereocenters. The second-order valence-electron chi connectivity index (χ2n) is 4.79. The van der Waals surface area contributed by atoms with Crippen molar-refractivity contribution in [2.75, 3.05) is 0 Å². The summed E-state index contributed by atoms with van der Waals surface area (Å²) in [7, 11) is 0. The number of amides is 1. The maximum Gasteiger partial charge on any atom is 0.331 e. The molecular weight excluding hydrogens is 234 g/mol. The van der Waals surface area contributed by atoms with Gasteiger partial charge in [-0.1, -0.05) is 27.7 Å². The van der Waals surface area contributed by atoms with Crippen LogP contribution in [0.1, 0.15) is 47.5 Å². The van der Waals surface area contributed by atoms with E-state index in [1.807, 2.05) is 6.92 Å². The number of esters is 1. The van der Waals surface area contributed by atoms with Crippen LogP contribution in [0.25, 0.3) is 0 Å². The maximum absolute atomic E-state index is 11.9. The molecule has 106 valence electrons. The van der Waals surface area contributed by atoms with E-state index in [0.29, 0.717) is 6.42 Å². The van der Waals surface area contributed by atoms with Gasteiger partial charge in [-0.25, -0.2) is 4.79 Å². The number of carbonyl (C=O) groups is 2. The van der Waals surface area contributed by atoms with Gasteiger partial charge in [-0.15, -0.1) is 0 Å². The summed E-state index contributed by atoms with van der Waals surface area (Å²) in [5, 5.41) is 12.5. The van der Waals surface area contributed by atoms with Gasteiger partial charge in [0.1, 0.15) is 0 Å². The SMILES string of the molecule is CCC(=O)N[C@H](C(=O)OC(C)CC)[C@H](O)C(C)C. The Morgan fingerprint density at radius 2 is 1.78 bits per heavy atom. The Kier molecular flexibility index (Phi) is 7.59. The van der Waals surface area contributed by atoms with Crippen LogP contribution < -0.4 is 5.32 Å². The van der Waals surface area contributed by atoms with Gasteiger partial charge in [-0.05, 0) is 19.3 Å². The average Bonchev–Trinajstić information content (AvgIpc) is 2.33. The summed E-state index contributed by atoms with van der Waals surface area (Å²) in [4.78, 5) is 23.3. The summed E-state index contributed by atoms with van der Waals surface area (Å²) in [6.45, 7) is 8.93. The summed E-state index contributed by atoms with van der Waals surface area (Å²) in [5.41, 5.74) is 0. The topological polar surface area (TPSA) is 75.6 Å². The van der Waals surface area contributed by atoms with Crippen LogP contribution in [0, 0.1) is 5.92 Å². The molecule has 1 amide bonds. The van der Waals surface area contributed by atoms with Crippen molar-refractivity contribution in [1.29, 1.82) is 0 Å². The standard InChI is InChI=1S/C13H25NO4/c1-6-9(5)18-13(17)11(12(16)8(3)4)14-10(15)7-2/h8-9,11-12,16H,6-7H2,1-5H3,(H,14,15)/t9?,11-,12+/m0/s1. The lowest BCUT2D eigenvalue weighted by molar-refractivity contribution is -0.156. The number of carbonyl (C=O) groups excluding carboxylic acids is 2. The van der Waals surface area contributed by atoms with Crippen molar-refractivity contribution in [3.63, 3.8) is 0 Å². The van der Waals surface area contributed by atoms with Gasteiger partial charge in [-0.2, -0.15) is 0 Å². The van der Waals surface area contributed by atoms with Crippen molar-refractivity contribution in [2.24, 2.45) is 5.92 Å². The molecule has 2 N–H and O–H groups in total. The highest BCUT2D eigenvalue weighted by atomic mass is 16.5. The number of hydrogen-bond donors (Lipinski definition) is 2. The fourth-order valence-corrected chi connectivity index (χ4v) is 1.30. The molecule has 0 aromatic heterocycles. The van der Waals surface area contributed by atoms with E-state index < -0.39 is 18.1 Å². The van der Waals surface area contributed by atoms with E-state index in [0.717, 1.165) is 0 Å². The summed E-state index contributed by atoms with van der Waals surface area (Å²) < 4.78 is 5.16. The van der Waals surface area contributed by atoms with Crippen LogP contribution in [0.3, 0.4) is 0 Å². The van der Waals surface area contributed by atoms with E-state index in [9.17, 15) is 14.7 Å². The van der Waals surface area contributed by atoms with Crippen molar-refractivity contribution in [3.8, 4) is 0 Å². The lowest BCUT2D eigenvalue weighted by atomic mass is 9.99. The van der Waals surface area contributed by atoms with Gasteiger partial charge in [0.25, 0.3) is 0 Å². The largest absolute Gasteiger partial charge is 0.461 e. The molecule has 0 aliphatic heterocycles.